The lowest BCUT2D eigenvalue weighted by Crippen LogP contribution is -2.32. The molecule has 0 heterocycles. The second kappa shape index (κ2) is 9.65. The van der Waals surface area contributed by atoms with Crippen molar-refractivity contribution in [3.63, 3.8) is 0 Å². The quantitative estimate of drug-likeness (QED) is 0.591. The van der Waals surface area contributed by atoms with Crippen molar-refractivity contribution in [3.05, 3.63) is 77.1 Å². The van der Waals surface area contributed by atoms with Crippen LogP contribution in [0.15, 0.2) is 65.1 Å². The van der Waals surface area contributed by atoms with Gasteiger partial charge in [0.1, 0.15) is 11.9 Å². The lowest BCUT2D eigenvalue weighted by Gasteiger charge is -2.19. The SMILES string of the molecule is CC(C)=CCN(CC#CC(O)c1ccccc1F)S(=O)(=O)c1ccc(C)cc1. The summed E-state index contributed by atoms with van der Waals surface area (Å²) in [6, 6.07) is 12.4. The Bertz CT molecular complexity index is 998. The zero-order valence-electron chi connectivity index (χ0n) is 16.2. The molecule has 2 rings (SSSR count). The molecule has 1 N–H and O–H groups in total. The monoisotopic (exact) mass is 401 g/mol. The first kappa shape index (κ1) is 21.8. The Hall–Kier alpha value is -2.46. The average molecular weight is 402 g/mol. The van der Waals surface area contributed by atoms with Crippen LogP contribution >= 0.6 is 0 Å². The molecular weight excluding hydrogens is 377 g/mol. The van der Waals surface area contributed by atoms with Crippen LogP contribution in [0.3, 0.4) is 0 Å². The molecular formula is C22H24FNO3S. The molecule has 0 aliphatic carbocycles. The molecule has 0 bridgehead atoms. The van der Waals surface area contributed by atoms with E-state index in [-0.39, 0.29) is 23.5 Å². The van der Waals surface area contributed by atoms with Gasteiger partial charge in [-0.15, -0.1) is 0 Å². The summed E-state index contributed by atoms with van der Waals surface area (Å²) in [5.74, 6) is 4.64. The van der Waals surface area contributed by atoms with E-state index in [1.807, 2.05) is 20.8 Å². The van der Waals surface area contributed by atoms with Gasteiger partial charge in [0.05, 0.1) is 11.4 Å². The van der Waals surface area contributed by atoms with E-state index in [0.29, 0.717) is 0 Å². The second-order valence-corrected chi connectivity index (χ2v) is 8.58. The topological polar surface area (TPSA) is 57.6 Å². The summed E-state index contributed by atoms with van der Waals surface area (Å²) in [6.07, 6.45) is 0.467. The van der Waals surface area contributed by atoms with Crippen LogP contribution in [0.4, 0.5) is 4.39 Å². The molecule has 28 heavy (non-hydrogen) atoms. The van der Waals surface area contributed by atoms with Crippen LogP contribution < -0.4 is 0 Å². The number of aryl methyl sites for hydroxylation is 1. The van der Waals surface area contributed by atoms with E-state index in [4.69, 9.17) is 0 Å². The van der Waals surface area contributed by atoms with Gasteiger partial charge in [0.25, 0.3) is 0 Å². The standard InChI is InChI=1S/C22H24FNO3S/c1-17(2)14-16-24(28(26,27)19-12-10-18(3)11-13-19)15-6-9-22(25)20-7-4-5-8-21(20)23/h4-5,7-8,10-14,22,25H,15-16H2,1-3H3. The third kappa shape index (κ3) is 5.77. The van der Waals surface area contributed by atoms with Crippen molar-refractivity contribution in [3.8, 4) is 11.8 Å². The van der Waals surface area contributed by atoms with Crippen molar-refractivity contribution in [1.29, 1.82) is 0 Å². The third-order valence-corrected chi connectivity index (χ3v) is 5.88. The van der Waals surface area contributed by atoms with Gasteiger partial charge in [-0.3, -0.25) is 0 Å². The molecule has 6 heteroatoms. The summed E-state index contributed by atoms with van der Waals surface area (Å²) in [5, 5.41) is 10.1. The molecule has 1 unspecified atom stereocenters. The Labute approximate surface area is 166 Å². The van der Waals surface area contributed by atoms with Crippen LogP contribution in [0.25, 0.3) is 0 Å². The Morgan fingerprint density at radius 3 is 2.43 bits per heavy atom. The molecule has 2 aromatic rings. The van der Waals surface area contributed by atoms with E-state index >= 15 is 0 Å². The molecule has 1 atom stereocenters. The highest BCUT2D eigenvalue weighted by Gasteiger charge is 2.22. The lowest BCUT2D eigenvalue weighted by atomic mass is 10.1. The van der Waals surface area contributed by atoms with Gasteiger partial charge in [0, 0.05) is 12.1 Å². The van der Waals surface area contributed by atoms with E-state index in [2.05, 4.69) is 11.8 Å². The smallest absolute Gasteiger partial charge is 0.244 e. The predicted octanol–water partition coefficient (Wildman–Crippen LogP) is 3.83. The number of allylic oxidation sites excluding steroid dienone is 1. The fraction of sp³-hybridized carbons (Fsp3) is 0.273. The summed E-state index contributed by atoms with van der Waals surface area (Å²) in [4.78, 5) is 0.178. The highest BCUT2D eigenvalue weighted by molar-refractivity contribution is 7.89. The van der Waals surface area contributed by atoms with Crippen LogP contribution in [-0.4, -0.2) is 30.9 Å². The molecule has 0 saturated carbocycles. The maximum Gasteiger partial charge on any atom is 0.244 e. The van der Waals surface area contributed by atoms with Gasteiger partial charge < -0.3 is 5.11 Å². The minimum atomic E-state index is -3.75. The zero-order chi connectivity index (χ0) is 20.7. The van der Waals surface area contributed by atoms with Gasteiger partial charge in [-0.1, -0.05) is 59.4 Å². The van der Waals surface area contributed by atoms with Crippen molar-refractivity contribution in [2.24, 2.45) is 0 Å². The highest BCUT2D eigenvalue weighted by atomic mass is 32.2. The maximum absolute atomic E-state index is 13.7. The van der Waals surface area contributed by atoms with Gasteiger partial charge >= 0.3 is 0 Å². The molecule has 0 radical (unpaired) electrons. The van der Waals surface area contributed by atoms with E-state index < -0.39 is 21.9 Å². The van der Waals surface area contributed by atoms with Crippen LogP contribution in [-0.2, 0) is 10.0 Å². The maximum atomic E-state index is 13.7. The summed E-state index contributed by atoms with van der Waals surface area (Å²) < 4.78 is 40.9. The van der Waals surface area contributed by atoms with E-state index in [9.17, 15) is 17.9 Å². The van der Waals surface area contributed by atoms with Crippen LogP contribution in [0, 0.1) is 24.6 Å². The second-order valence-electron chi connectivity index (χ2n) is 6.64. The number of hydrogen-bond donors (Lipinski definition) is 1. The van der Waals surface area contributed by atoms with Crippen molar-refractivity contribution in [1.82, 2.24) is 4.31 Å². The fourth-order valence-corrected chi connectivity index (χ4v) is 3.68. The van der Waals surface area contributed by atoms with E-state index in [1.54, 1.807) is 36.4 Å². The van der Waals surface area contributed by atoms with Gasteiger partial charge in [-0.2, -0.15) is 4.31 Å². The molecule has 0 amide bonds. The van der Waals surface area contributed by atoms with Crippen LogP contribution in [0.5, 0.6) is 0 Å². The van der Waals surface area contributed by atoms with Crippen molar-refractivity contribution in [2.45, 2.75) is 31.8 Å². The Morgan fingerprint density at radius 1 is 1.18 bits per heavy atom. The molecule has 0 saturated heterocycles. The predicted molar refractivity (Wildman–Crippen MR) is 109 cm³/mol. The first-order chi connectivity index (χ1) is 13.2. The van der Waals surface area contributed by atoms with Gasteiger partial charge in [-0.25, -0.2) is 12.8 Å². The summed E-state index contributed by atoms with van der Waals surface area (Å²) >= 11 is 0. The molecule has 148 valence electrons. The van der Waals surface area contributed by atoms with Crippen molar-refractivity contribution < 1.29 is 17.9 Å². The first-order valence-electron chi connectivity index (χ1n) is 8.83. The fourth-order valence-electron chi connectivity index (χ4n) is 2.40. The molecule has 0 aromatic heterocycles. The molecule has 0 aliphatic heterocycles. The molecule has 2 aromatic carbocycles. The summed E-state index contributed by atoms with van der Waals surface area (Å²) in [7, 11) is -3.75. The summed E-state index contributed by atoms with van der Waals surface area (Å²) in [6.45, 7) is 5.68. The number of hydrogen-bond acceptors (Lipinski definition) is 3. The van der Waals surface area contributed by atoms with Crippen molar-refractivity contribution >= 4 is 10.0 Å². The minimum Gasteiger partial charge on any atom is -0.376 e. The third-order valence-electron chi connectivity index (χ3n) is 4.06. The minimum absolute atomic E-state index is 0.0623. The number of sulfonamides is 1. The number of benzene rings is 2. The normalized spacial score (nSPS) is 12.2. The van der Waals surface area contributed by atoms with Gasteiger partial charge in [0.15, 0.2) is 0 Å². The number of halogens is 1. The van der Waals surface area contributed by atoms with Crippen LogP contribution in [0.2, 0.25) is 0 Å². The van der Waals surface area contributed by atoms with Gasteiger partial charge in [-0.05, 0) is 39.0 Å². The van der Waals surface area contributed by atoms with Crippen molar-refractivity contribution in [2.75, 3.05) is 13.1 Å². The Balaban J connectivity index is 2.26. The highest BCUT2D eigenvalue weighted by Crippen LogP contribution is 2.18. The Kier molecular flexibility index (Phi) is 7.53. The average Bonchev–Trinajstić information content (AvgIpc) is 2.64. The number of nitrogens with zero attached hydrogens (tertiary/aromatic N) is 1. The number of aliphatic hydroxyl groups is 1. The largest absolute Gasteiger partial charge is 0.376 e. The molecule has 0 spiro atoms. The van der Waals surface area contributed by atoms with E-state index in [1.165, 1.54) is 22.5 Å². The van der Waals surface area contributed by atoms with Gasteiger partial charge in [0.2, 0.25) is 10.0 Å². The molecule has 0 fully saturated rings. The Morgan fingerprint density at radius 2 is 1.82 bits per heavy atom. The molecule has 0 aliphatic rings. The van der Waals surface area contributed by atoms with Crippen LogP contribution in [0.1, 0.15) is 31.1 Å². The first-order valence-corrected chi connectivity index (χ1v) is 10.3. The summed E-state index contributed by atoms with van der Waals surface area (Å²) in [5.41, 5.74) is 2.00. The van der Waals surface area contributed by atoms with E-state index in [0.717, 1.165) is 11.1 Å². The number of rotatable bonds is 6. The lowest BCUT2D eigenvalue weighted by molar-refractivity contribution is 0.232. The molecule has 4 nitrogen and oxygen atoms in total. The number of aliphatic hydroxyl groups excluding tert-OH is 1. The zero-order valence-corrected chi connectivity index (χ0v) is 17.0.